The second kappa shape index (κ2) is 7.81. The molecule has 1 aromatic carbocycles. The molecule has 1 aliphatic carbocycles. The summed E-state index contributed by atoms with van der Waals surface area (Å²) >= 11 is 0. The molecule has 7 nitrogen and oxygen atoms in total. The second-order valence-corrected chi connectivity index (χ2v) is 8.21. The number of H-pyrrole nitrogens is 1. The zero-order chi connectivity index (χ0) is 22.4. The Balaban J connectivity index is 1.42. The van der Waals surface area contributed by atoms with Crippen LogP contribution >= 0.6 is 0 Å². The van der Waals surface area contributed by atoms with Crippen molar-refractivity contribution in [2.75, 3.05) is 12.4 Å². The summed E-state index contributed by atoms with van der Waals surface area (Å²) in [5.41, 5.74) is 5.49. The molecule has 0 unspecified atom stereocenters. The zero-order valence-corrected chi connectivity index (χ0v) is 18.0. The van der Waals surface area contributed by atoms with Gasteiger partial charge < -0.3 is 15.0 Å². The topological polar surface area (TPSA) is 88.6 Å². The van der Waals surface area contributed by atoms with Gasteiger partial charge in [0.1, 0.15) is 22.6 Å². The molecule has 0 fully saturated rings. The Kier molecular flexibility index (Phi) is 4.64. The number of aryl methyl sites for hydroxylation is 1. The minimum Gasteiger partial charge on any atom is -0.494 e. The van der Waals surface area contributed by atoms with Gasteiger partial charge in [0.25, 0.3) is 0 Å². The molecule has 0 bridgehead atoms. The summed E-state index contributed by atoms with van der Waals surface area (Å²) in [6.45, 7) is 0. The molecule has 2 N–H and O–H groups in total. The van der Waals surface area contributed by atoms with Crippen molar-refractivity contribution < 1.29 is 9.13 Å². The summed E-state index contributed by atoms with van der Waals surface area (Å²) in [4.78, 5) is 21.4. The third kappa shape index (κ3) is 3.44. The quantitative estimate of drug-likeness (QED) is 0.422. The number of nitrogens with one attached hydrogen (secondary N) is 2. The van der Waals surface area contributed by atoms with Crippen molar-refractivity contribution in [1.29, 1.82) is 0 Å². The summed E-state index contributed by atoms with van der Waals surface area (Å²) in [5.74, 6) is 1.11. The highest BCUT2D eigenvalue weighted by molar-refractivity contribution is 5.91. The standard InChI is InChI=1S/C25H21FN6O/c1-33-21-8-9-28-23-22(21)31-24(14-10-15(26)13-27-12-14)32-25(23)29-16-6-7-20-18(11-16)17-4-2-3-5-19(17)30-20/h2-5,8-10,12-13,16,30H,6-7,11H2,1H3,(H,29,31,32)/t16-/m1/s1. The highest BCUT2D eigenvalue weighted by Gasteiger charge is 2.24. The van der Waals surface area contributed by atoms with Crippen LogP contribution in [0.2, 0.25) is 0 Å². The van der Waals surface area contributed by atoms with Crippen LogP contribution in [-0.4, -0.2) is 38.1 Å². The first-order chi connectivity index (χ1) is 16.2. The number of anilines is 1. The Morgan fingerprint density at radius 3 is 2.91 bits per heavy atom. The van der Waals surface area contributed by atoms with E-state index in [1.54, 1.807) is 25.6 Å². The van der Waals surface area contributed by atoms with Crippen LogP contribution in [0.25, 0.3) is 33.3 Å². The molecule has 0 radical (unpaired) electrons. The van der Waals surface area contributed by atoms with Gasteiger partial charge >= 0.3 is 0 Å². The first-order valence-corrected chi connectivity index (χ1v) is 10.9. The van der Waals surface area contributed by atoms with Crippen LogP contribution in [0.3, 0.4) is 0 Å². The van der Waals surface area contributed by atoms with Gasteiger partial charge in [-0.3, -0.25) is 9.97 Å². The van der Waals surface area contributed by atoms with Crippen LogP contribution in [-0.2, 0) is 12.8 Å². The number of pyridine rings is 2. The maximum Gasteiger partial charge on any atom is 0.164 e. The smallest absolute Gasteiger partial charge is 0.164 e. The molecular weight excluding hydrogens is 419 g/mol. The minimum atomic E-state index is -0.442. The fourth-order valence-electron chi connectivity index (χ4n) is 4.62. The number of benzene rings is 1. The number of methoxy groups -OCH3 is 1. The largest absolute Gasteiger partial charge is 0.494 e. The number of aromatic amines is 1. The SMILES string of the molecule is COc1ccnc2c(N[C@@H]3CCc4[nH]c5ccccc5c4C3)nc(-c3cncc(F)c3)nc12. The minimum absolute atomic E-state index is 0.168. The predicted octanol–water partition coefficient (Wildman–Crippen LogP) is 4.69. The van der Waals surface area contributed by atoms with Gasteiger partial charge in [0.2, 0.25) is 0 Å². The fraction of sp³-hybridized carbons (Fsp3) is 0.200. The Hall–Kier alpha value is -4.07. The number of rotatable bonds is 4. The Morgan fingerprint density at radius 1 is 1.12 bits per heavy atom. The molecule has 1 aliphatic rings. The van der Waals surface area contributed by atoms with Gasteiger partial charge in [-0.15, -0.1) is 0 Å². The van der Waals surface area contributed by atoms with Crippen LogP contribution in [0, 0.1) is 5.82 Å². The van der Waals surface area contributed by atoms with E-state index in [2.05, 4.69) is 49.5 Å². The number of aromatic nitrogens is 5. The van der Waals surface area contributed by atoms with Gasteiger partial charge in [0.05, 0.1) is 13.3 Å². The maximum atomic E-state index is 13.8. The van der Waals surface area contributed by atoms with Crippen LogP contribution in [0.15, 0.2) is 55.0 Å². The average Bonchev–Trinajstić information content (AvgIpc) is 3.21. The number of hydrogen-bond acceptors (Lipinski definition) is 6. The van der Waals surface area contributed by atoms with E-state index in [1.807, 2.05) is 0 Å². The van der Waals surface area contributed by atoms with Crippen molar-refractivity contribution in [3.63, 3.8) is 0 Å². The first-order valence-electron chi connectivity index (χ1n) is 10.9. The van der Waals surface area contributed by atoms with Crippen molar-refractivity contribution in [2.45, 2.75) is 25.3 Å². The van der Waals surface area contributed by atoms with Gasteiger partial charge in [-0.05, 0) is 37.0 Å². The molecule has 1 atom stereocenters. The highest BCUT2D eigenvalue weighted by atomic mass is 19.1. The van der Waals surface area contributed by atoms with Crippen LogP contribution in [0.4, 0.5) is 10.2 Å². The lowest BCUT2D eigenvalue weighted by Gasteiger charge is -2.25. The molecule has 4 aromatic heterocycles. The lowest BCUT2D eigenvalue weighted by Crippen LogP contribution is -2.28. The highest BCUT2D eigenvalue weighted by Crippen LogP contribution is 2.33. The first kappa shape index (κ1) is 19.6. The number of ether oxygens (including phenoxy) is 1. The van der Waals surface area contributed by atoms with Crippen molar-refractivity contribution in [1.82, 2.24) is 24.9 Å². The monoisotopic (exact) mass is 440 g/mol. The van der Waals surface area contributed by atoms with Crippen molar-refractivity contribution in [3.8, 4) is 17.1 Å². The predicted molar refractivity (Wildman–Crippen MR) is 125 cm³/mol. The molecule has 0 amide bonds. The number of fused-ring (bicyclic) bond motifs is 4. The van der Waals surface area contributed by atoms with E-state index in [0.717, 1.165) is 25.5 Å². The molecular formula is C25H21FN6O. The number of hydrogen-bond donors (Lipinski definition) is 2. The van der Waals surface area contributed by atoms with Gasteiger partial charge in [0.15, 0.2) is 11.6 Å². The summed E-state index contributed by atoms with van der Waals surface area (Å²) in [6, 6.07) is 11.7. The molecule has 6 rings (SSSR count). The van der Waals surface area contributed by atoms with Crippen LogP contribution in [0.1, 0.15) is 17.7 Å². The van der Waals surface area contributed by atoms with E-state index in [1.165, 1.54) is 28.2 Å². The zero-order valence-electron chi connectivity index (χ0n) is 18.0. The van der Waals surface area contributed by atoms with E-state index >= 15 is 0 Å². The maximum absolute atomic E-state index is 13.8. The van der Waals surface area contributed by atoms with Crippen molar-refractivity contribution >= 4 is 27.8 Å². The van der Waals surface area contributed by atoms with E-state index in [-0.39, 0.29) is 6.04 Å². The molecule has 4 heterocycles. The molecule has 164 valence electrons. The summed E-state index contributed by atoms with van der Waals surface area (Å²) < 4.78 is 19.4. The summed E-state index contributed by atoms with van der Waals surface area (Å²) in [7, 11) is 1.59. The molecule has 0 saturated carbocycles. The van der Waals surface area contributed by atoms with Gasteiger partial charge in [-0.1, -0.05) is 18.2 Å². The Bertz CT molecular complexity index is 1500. The van der Waals surface area contributed by atoms with E-state index in [4.69, 9.17) is 9.72 Å². The Morgan fingerprint density at radius 2 is 2.03 bits per heavy atom. The molecule has 33 heavy (non-hydrogen) atoms. The molecule has 8 heteroatoms. The lowest BCUT2D eigenvalue weighted by molar-refractivity contribution is 0.418. The normalized spacial score (nSPS) is 15.5. The van der Waals surface area contributed by atoms with Crippen LogP contribution in [0.5, 0.6) is 5.75 Å². The summed E-state index contributed by atoms with van der Waals surface area (Å²) in [6.07, 6.45) is 7.15. The molecule has 0 saturated heterocycles. The summed E-state index contributed by atoms with van der Waals surface area (Å²) in [5, 5.41) is 4.86. The van der Waals surface area contributed by atoms with E-state index in [9.17, 15) is 4.39 Å². The molecule has 5 aromatic rings. The van der Waals surface area contributed by atoms with Crippen molar-refractivity contribution in [2.24, 2.45) is 0 Å². The van der Waals surface area contributed by atoms with E-state index in [0.29, 0.717) is 34.0 Å². The number of nitrogens with zero attached hydrogens (tertiary/aromatic N) is 4. The average molecular weight is 440 g/mol. The molecule has 0 aliphatic heterocycles. The third-order valence-electron chi connectivity index (χ3n) is 6.17. The van der Waals surface area contributed by atoms with Gasteiger partial charge in [0, 0.05) is 46.7 Å². The third-order valence-corrected chi connectivity index (χ3v) is 6.17. The lowest BCUT2D eigenvalue weighted by atomic mass is 9.91. The van der Waals surface area contributed by atoms with Crippen LogP contribution < -0.4 is 10.1 Å². The molecule has 0 spiro atoms. The number of halogens is 1. The second-order valence-electron chi connectivity index (χ2n) is 8.21. The van der Waals surface area contributed by atoms with Gasteiger partial charge in [-0.25, -0.2) is 14.4 Å². The van der Waals surface area contributed by atoms with Crippen molar-refractivity contribution in [3.05, 3.63) is 72.1 Å². The Labute approximate surface area is 189 Å². The van der Waals surface area contributed by atoms with E-state index < -0.39 is 5.82 Å². The number of para-hydroxylation sites is 1. The van der Waals surface area contributed by atoms with Gasteiger partial charge in [-0.2, -0.15) is 0 Å². The fourth-order valence-corrected chi connectivity index (χ4v) is 4.62.